The van der Waals surface area contributed by atoms with Crippen LogP contribution in [-0.2, 0) is 13.0 Å². The van der Waals surface area contributed by atoms with Gasteiger partial charge in [-0.3, -0.25) is 4.79 Å². The van der Waals surface area contributed by atoms with Gasteiger partial charge in [-0.1, -0.05) is 12.1 Å². The van der Waals surface area contributed by atoms with Crippen molar-refractivity contribution in [2.45, 2.75) is 32.7 Å². The summed E-state index contributed by atoms with van der Waals surface area (Å²) in [5, 5.41) is 17.0. The molecule has 6 nitrogen and oxygen atoms in total. The number of primary amides is 1. The summed E-state index contributed by atoms with van der Waals surface area (Å²) in [7, 11) is 0. The van der Waals surface area contributed by atoms with Gasteiger partial charge in [0.15, 0.2) is 5.69 Å². The molecule has 0 saturated heterocycles. The van der Waals surface area contributed by atoms with Gasteiger partial charge in [-0.25, -0.2) is 4.68 Å². The molecule has 1 aromatic heterocycles. The first-order chi connectivity index (χ1) is 7.62. The second-order valence-electron chi connectivity index (χ2n) is 4.42. The van der Waals surface area contributed by atoms with Gasteiger partial charge in [0.05, 0.1) is 18.8 Å². The monoisotopic (exact) mass is 224 g/mol. The van der Waals surface area contributed by atoms with E-state index in [1.807, 2.05) is 6.92 Å². The van der Waals surface area contributed by atoms with Gasteiger partial charge >= 0.3 is 0 Å². The number of nitrogens with two attached hydrogens (primary N) is 1. The van der Waals surface area contributed by atoms with E-state index in [2.05, 4.69) is 10.3 Å². The largest absolute Gasteiger partial charge is 0.396 e. The van der Waals surface area contributed by atoms with Crippen LogP contribution in [0.4, 0.5) is 0 Å². The van der Waals surface area contributed by atoms with Crippen molar-refractivity contribution in [1.29, 1.82) is 0 Å². The van der Waals surface area contributed by atoms with E-state index in [0.717, 1.165) is 18.5 Å². The molecular weight excluding hydrogens is 208 g/mol. The second-order valence-corrected chi connectivity index (χ2v) is 4.42. The van der Waals surface area contributed by atoms with Gasteiger partial charge in [0.1, 0.15) is 0 Å². The number of aliphatic hydroxyl groups is 1. The molecule has 0 atom stereocenters. The van der Waals surface area contributed by atoms with Crippen LogP contribution in [0.5, 0.6) is 0 Å². The number of amides is 1. The summed E-state index contributed by atoms with van der Waals surface area (Å²) in [4.78, 5) is 11.1. The number of aromatic nitrogens is 3. The van der Waals surface area contributed by atoms with Crippen molar-refractivity contribution in [1.82, 2.24) is 15.0 Å². The van der Waals surface area contributed by atoms with Crippen molar-refractivity contribution < 1.29 is 9.90 Å². The molecule has 0 spiro atoms. The molecule has 1 saturated carbocycles. The predicted molar refractivity (Wildman–Crippen MR) is 56.7 cm³/mol. The Balaban J connectivity index is 2.24. The molecule has 16 heavy (non-hydrogen) atoms. The molecule has 88 valence electrons. The summed E-state index contributed by atoms with van der Waals surface area (Å²) < 4.78 is 1.70. The molecule has 1 amide bonds. The van der Waals surface area contributed by atoms with Gasteiger partial charge in [-0.2, -0.15) is 0 Å². The molecule has 1 heterocycles. The summed E-state index contributed by atoms with van der Waals surface area (Å²) >= 11 is 0. The fourth-order valence-electron chi connectivity index (χ4n) is 1.86. The molecular formula is C10H16N4O2. The molecule has 6 heteroatoms. The lowest BCUT2D eigenvalue weighted by Crippen LogP contribution is -2.20. The molecule has 3 N–H and O–H groups in total. The highest BCUT2D eigenvalue weighted by molar-refractivity contribution is 5.91. The van der Waals surface area contributed by atoms with Gasteiger partial charge in [0, 0.05) is 5.41 Å². The molecule has 1 aromatic rings. The van der Waals surface area contributed by atoms with Gasteiger partial charge in [0.25, 0.3) is 5.91 Å². The summed E-state index contributed by atoms with van der Waals surface area (Å²) in [5.41, 5.74) is 6.17. The van der Waals surface area contributed by atoms with E-state index in [1.54, 1.807) is 4.68 Å². The van der Waals surface area contributed by atoms with Gasteiger partial charge in [-0.05, 0) is 19.3 Å². The molecule has 0 unspecified atom stereocenters. The molecule has 1 fully saturated rings. The van der Waals surface area contributed by atoms with E-state index >= 15 is 0 Å². The SMILES string of the molecule is CCc1c(C(N)=O)nnn1CC1(CO)CC1. The Hall–Kier alpha value is -1.43. The Morgan fingerprint density at radius 3 is 2.75 bits per heavy atom. The fraction of sp³-hybridized carbons (Fsp3) is 0.700. The van der Waals surface area contributed by atoms with Crippen LogP contribution in [0, 0.1) is 5.41 Å². The van der Waals surface area contributed by atoms with Crippen LogP contribution >= 0.6 is 0 Å². The number of nitrogens with zero attached hydrogens (tertiary/aromatic N) is 3. The number of carbonyl (C=O) groups is 1. The lowest BCUT2D eigenvalue weighted by Gasteiger charge is -2.12. The second kappa shape index (κ2) is 3.86. The number of carbonyl (C=O) groups excluding carboxylic acids is 1. The molecule has 0 aromatic carbocycles. The summed E-state index contributed by atoms with van der Waals surface area (Å²) in [6.45, 7) is 2.70. The van der Waals surface area contributed by atoms with Crippen molar-refractivity contribution in [2.75, 3.05) is 6.61 Å². The molecule has 0 radical (unpaired) electrons. The van der Waals surface area contributed by atoms with E-state index in [9.17, 15) is 9.90 Å². The van der Waals surface area contributed by atoms with E-state index in [1.165, 1.54) is 0 Å². The zero-order valence-electron chi connectivity index (χ0n) is 9.31. The zero-order chi connectivity index (χ0) is 11.8. The number of hydrogen-bond donors (Lipinski definition) is 2. The van der Waals surface area contributed by atoms with Crippen LogP contribution in [0.2, 0.25) is 0 Å². The first-order valence-electron chi connectivity index (χ1n) is 5.45. The highest BCUT2D eigenvalue weighted by Gasteiger charge is 2.43. The quantitative estimate of drug-likeness (QED) is 0.718. The number of rotatable bonds is 5. The van der Waals surface area contributed by atoms with Crippen LogP contribution in [0.25, 0.3) is 0 Å². The maximum atomic E-state index is 11.1. The van der Waals surface area contributed by atoms with Crippen molar-refractivity contribution in [2.24, 2.45) is 11.1 Å². The molecule has 2 rings (SSSR count). The van der Waals surface area contributed by atoms with Crippen LogP contribution in [0.3, 0.4) is 0 Å². The lowest BCUT2D eigenvalue weighted by atomic mass is 10.1. The van der Waals surface area contributed by atoms with Crippen LogP contribution in [-0.4, -0.2) is 32.6 Å². The van der Waals surface area contributed by atoms with Crippen molar-refractivity contribution in [3.63, 3.8) is 0 Å². The lowest BCUT2D eigenvalue weighted by molar-refractivity contribution is 0.0994. The van der Waals surface area contributed by atoms with Gasteiger partial charge in [0.2, 0.25) is 0 Å². The minimum absolute atomic E-state index is 0.0491. The minimum atomic E-state index is -0.544. The zero-order valence-corrected chi connectivity index (χ0v) is 9.31. The van der Waals surface area contributed by atoms with Crippen LogP contribution < -0.4 is 5.73 Å². The molecule has 0 aliphatic heterocycles. The van der Waals surface area contributed by atoms with Crippen molar-refractivity contribution in [3.8, 4) is 0 Å². The van der Waals surface area contributed by atoms with Crippen molar-refractivity contribution in [3.05, 3.63) is 11.4 Å². The average Bonchev–Trinajstić information content (AvgIpc) is 2.91. The number of aliphatic hydroxyl groups excluding tert-OH is 1. The van der Waals surface area contributed by atoms with E-state index in [-0.39, 0.29) is 17.7 Å². The van der Waals surface area contributed by atoms with Crippen LogP contribution in [0.1, 0.15) is 35.9 Å². The molecule has 0 bridgehead atoms. The average molecular weight is 224 g/mol. The Morgan fingerprint density at radius 2 is 2.31 bits per heavy atom. The smallest absolute Gasteiger partial charge is 0.271 e. The van der Waals surface area contributed by atoms with Gasteiger partial charge < -0.3 is 10.8 Å². The number of hydrogen-bond acceptors (Lipinski definition) is 4. The predicted octanol–water partition coefficient (Wildman–Crippen LogP) is -0.288. The molecule has 1 aliphatic rings. The maximum Gasteiger partial charge on any atom is 0.271 e. The minimum Gasteiger partial charge on any atom is -0.396 e. The standard InChI is InChI=1S/C10H16N4O2/c1-2-7-8(9(11)16)12-13-14(7)5-10(6-15)3-4-10/h15H,2-6H2,1H3,(H2,11,16). The van der Waals surface area contributed by atoms with Crippen molar-refractivity contribution >= 4 is 5.91 Å². The first kappa shape index (κ1) is 11.1. The Bertz CT molecular complexity index is 409. The van der Waals surface area contributed by atoms with E-state index < -0.39 is 5.91 Å². The third-order valence-electron chi connectivity index (χ3n) is 3.18. The van der Waals surface area contributed by atoms with E-state index in [4.69, 9.17) is 5.73 Å². The topological polar surface area (TPSA) is 94.0 Å². The van der Waals surface area contributed by atoms with E-state index in [0.29, 0.717) is 13.0 Å². The maximum absolute atomic E-state index is 11.1. The Morgan fingerprint density at radius 1 is 1.62 bits per heavy atom. The van der Waals surface area contributed by atoms with Crippen LogP contribution in [0.15, 0.2) is 0 Å². The third kappa shape index (κ3) is 1.80. The fourth-order valence-corrected chi connectivity index (χ4v) is 1.86. The first-order valence-corrected chi connectivity index (χ1v) is 5.45. The van der Waals surface area contributed by atoms with Gasteiger partial charge in [-0.15, -0.1) is 5.10 Å². The normalized spacial score (nSPS) is 17.4. The summed E-state index contributed by atoms with van der Waals surface area (Å²) in [6, 6.07) is 0. The molecule has 1 aliphatic carbocycles. The third-order valence-corrected chi connectivity index (χ3v) is 3.18. The Labute approximate surface area is 93.4 Å². The summed E-state index contributed by atoms with van der Waals surface area (Å²) in [6.07, 6.45) is 2.66. The highest BCUT2D eigenvalue weighted by atomic mass is 16.3. The summed E-state index contributed by atoms with van der Waals surface area (Å²) in [5.74, 6) is -0.544. The highest BCUT2D eigenvalue weighted by Crippen LogP contribution is 2.46. The Kier molecular flexibility index (Phi) is 2.67.